The molecule has 0 aliphatic carbocycles. The number of rotatable bonds is 8. The van der Waals surface area contributed by atoms with Gasteiger partial charge in [-0.2, -0.15) is 10.0 Å². The van der Waals surface area contributed by atoms with Crippen LogP contribution in [0.15, 0.2) is 34.2 Å². The molecule has 0 amide bonds. The molecular weight excluding hydrogens is 292 g/mol. The molecule has 3 nitrogen and oxygen atoms in total. The van der Waals surface area contributed by atoms with Crippen molar-refractivity contribution in [1.82, 2.24) is 4.90 Å². The summed E-state index contributed by atoms with van der Waals surface area (Å²) in [4.78, 5) is 8.41. The predicted octanol–water partition coefficient (Wildman–Crippen LogP) is 4.11. The Morgan fingerprint density at radius 3 is 2.73 bits per heavy atom. The van der Waals surface area contributed by atoms with E-state index < -0.39 is 10.0 Å². The average molecular weight is 323 g/mol. The molecule has 0 saturated carbocycles. The number of aliphatic imine (C=N–C) groups is 1. The molecule has 0 bridgehead atoms. The molecule has 4 heteroatoms. The molecule has 0 fully saturated rings. The van der Waals surface area contributed by atoms with Crippen molar-refractivity contribution < 1.29 is 5.11 Å². The van der Waals surface area contributed by atoms with Crippen molar-refractivity contribution >= 4 is 15.1 Å². The normalized spacial score (nSPS) is 24.3. The second-order valence-electron chi connectivity index (χ2n) is 6.36. The molecule has 22 heavy (non-hydrogen) atoms. The van der Waals surface area contributed by atoms with Gasteiger partial charge in [0.05, 0.1) is 5.04 Å². The topological polar surface area (TPSA) is 35.8 Å². The lowest BCUT2D eigenvalue weighted by molar-refractivity contribution is 0.472. The first kappa shape index (κ1) is 17.4. The highest BCUT2D eigenvalue weighted by Crippen LogP contribution is 2.60. The van der Waals surface area contributed by atoms with Crippen molar-refractivity contribution in [2.45, 2.75) is 37.5 Å². The minimum atomic E-state index is -1.03. The second kappa shape index (κ2) is 8.02. The van der Waals surface area contributed by atoms with Crippen molar-refractivity contribution in [3.8, 4) is 5.75 Å². The van der Waals surface area contributed by atoms with Crippen LogP contribution in [0.3, 0.4) is 0 Å². The molecule has 1 aliphatic heterocycles. The molecule has 1 unspecified atom stereocenters. The Morgan fingerprint density at radius 1 is 1.23 bits per heavy atom. The molecule has 1 aliphatic rings. The highest BCUT2D eigenvalue weighted by Gasteiger charge is 2.35. The zero-order valence-electron chi connectivity index (χ0n) is 14.2. The van der Waals surface area contributed by atoms with Gasteiger partial charge in [0.2, 0.25) is 0 Å². The number of hydrogen-bond donors (Lipinski definition) is 1. The molecule has 1 aromatic carbocycles. The summed E-state index contributed by atoms with van der Waals surface area (Å²) < 4.78 is 0. The Labute approximate surface area is 136 Å². The van der Waals surface area contributed by atoms with Crippen LogP contribution < -0.4 is 0 Å². The van der Waals surface area contributed by atoms with E-state index in [1.165, 1.54) is 41.4 Å². The van der Waals surface area contributed by atoms with Gasteiger partial charge < -0.3 is 10.0 Å². The van der Waals surface area contributed by atoms with Crippen molar-refractivity contribution in [3.05, 3.63) is 24.3 Å². The smallest absolute Gasteiger partial charge is 0.116 e. The van der Waals surface area contributed by atoms with E-state index in [-0.39, 0.29) is 0 Å². The van der Waals surface area contributed by atoms with Crippen LogP contribution in [0.4, 0.5) is 0 Å². The van der Waals surface area contributed by atoms with Crippen LogP contribution in [0.2, 0.25) is 0 Å². The van der Waals surface area contributed by atoms with Crippen LogP contribution in [0, 0.1) is 0 Å². The summed E-state index contributed by atoms with van der Waals surface area (Å²) >= 11 is 0. The van der Waals surface area contributed by atoms with Crippen LogP contribution in [0.1, 0.15) is 32.6 Å². The standard InChI is InChI=1S/C18H30N2OS/c1-4-5-6-7-12-22(17-10-8-9-16(21)14-17)13-11-19-18(22)15-20(2)3/h8-10,14,21H,4-7,11-13,15H2,1-3H3. The number of hydrogen-bond acceptors (Lipinski definition) is 3. The van der Waals surface area contributed by atoms with E-state index >= 15 is 0 Å². The molecular formula is C18H30N2OS. The van der Waals surface area contributed by atoms with Crippen molar-refractivity contribution in [3.63, 3.8) is 0 Å². The third kappa shape index (κ3) is 4.05. The summed E-state index contributed by atoms with van der Waals surface area (Å²) in [6.45, 7) is 4.15. The fourth-order valence-electron chi connectivity index (χ4n) is 3.11. The lowest BCUT2D eigenvalue weighted by atomic mass is 10.2. The Kier molecular flexibility index (Phi) is 6.33. The van der Waals surface area contributed by atoms with Crippen molar-refractivity contribution in [1.29, 1.82) is 0 Å². The maximum Gasteiger partial charge on any atom is 0.116 e. The summed E-state index contributed by atoms with van der Waals surface area (Å²) in [5.41, 5.74) is 0. The third-order valence-corrected chi connectivity index (χ3v) is 8.43. The summed E-state index contributed by atoms with van der Waals surface area (Å²) in [7, 11) is 3.20. The van der Waals surface area contributed by atoms with Crippen LogP contribution >= 0.6 is 10.0 Å². The number of phenolic OH excluding ortho intramolecular Hbond substituents is 1. The van der Waals surface area contributed by atoms with Crippen LogP contribution in [0.5, 0.6) is 5.75 Å². The van der Waals surface area contributed by atoms with E-state index in [0.29, 0.717) is 5.75 Å². The van der Waals surface area contributed by atoms with E-state index in [2.05, 4.69) is 32.0 Å². The number of unbranched alkanes of at least 4 members (excludes halogenated alkanes) is 3. The molecule has 1 atom stereocenters. The van der Waals surface area contributed by atoms with Crippen LogP contribution in [-0.4, -0.2) is 53.7 Å². The van der Waals surface area contributed by atoms with E-state index in [4.69, 9.17) is 4.99 Å². The highest BCUT2D eigenvalue weighted by molar-refractivity contribution is 8.45. The number of benzene rings is 1. The minimum absolute atomic E-state index is 0.383. The molecule has 1 N–H and O–H groups in total. The molecule has 0 radical (unpaired) electrons. The maximum absolute atomic E-state index is 9.93. The molecule has 0 saturated heterocycles. The molecule has 0 aromatic heterocycles. The summed E-state index contributed by atoms with van der Waals surface area (Å²) in [6.07, 6.45) is 5.16. The number of phenols is 1. The first-order chi connectivity index (χ1) is 10.6. The largest absolute Gasteiger partial charge is 0.508 e. The summed E-state index contributed by atoms with van der Waals surface area (Å²) in [5.74, 6) is 2.77. The van der Waals surface area contributed by atoms with Crippen molar-refractivity contribution in [2.24, 2.45) is 4.99 Å². The molecule has 1 aromatic rings. The predicted molar refractivity (Wildman–Crippen MR) is 98.7 cm³/mol. The Morgan fingerprint density at radius 2 is 2.05 bits per heavy atom. The Bertz CT molecular complexity index is 516. The zero-order chi connectivity index (χ0) is 16.0. The Balaban J connectivity index is 2.26. The molecule has 124 valence electrons. The monoisotopic (exact) mass is 322 g/mol. The van der Waals surface area contributed by atoms with Gasteiger partial charge in [-0.1, -0.05) is 32.3 Å². The van der Waals surface area contributed by atoms with Crippen LogP contribution in [-0.2, 0) is 0 Å². The lowest BCUT2D eigenvalue weighted by Crippen LogP contribution is -2.27. The van der Waals surface area contributed by atoms with Gasteiger partial charge >= 0.3 is 0 Å². The summed E-state index contributed by atoms with van der Waals surface area (Å²) in [6, 6.07) is 7.93. The second-order valence-corrected chi connectivity index (χ2v) is 9.89. The lowest BCUT2D eigenvalue weighted by Gasteiger charge is -2.38. The first-order valence-corrected chi connectivity index (χ1v) is 10.3. The van der Waals surface area contributed by atoms with Gasteiger partial charge in [-0.15, -0.1) is 0 Å². The van der Waals surface area contributed by atoms with Gasteiger partial charge in [0, 0.05) is 18.8 Å². The first-order valence-electron chi connectivity index (χ1n) is 8.34. The number of nitrogens with zero attached hydrogens (tertiary/aromatic N) is 2. The van der Waals surface area contributed by atoms with E-state index in [9.17, 15) is 5.11 Å². The maximum atomic E-state index is 9.93. The van der Waals surface area contributed by atoms with E-state index in [1.54, 1.807) is 6.07 Å². The SMILES string of the molecule is CCCCCCS1(c2cccc(O)c2)CCN=C1CN(C)C. The van der Waals surface area contributed by atoms with Gasteiger partial charge in [-0.25, -0.2) is 0 Å². The molecule has 0 spiro atoms. The van der Waals surface area contributed by atoms with E-state index in [1.807, 2.05) is 12.1 Å². The summed E-state index contributed by atoms with van der Waals surface area (Å²) in [5, 5.41) is 11.3. The average Bonchev–Trinajstić information content (AvgIpc) is 2.87. The minimum Gasteiger partial charge on any atom is -0.508 e. The van der Waals surface area contributed by atoms with Gasteiger partial charge in [-0.3, -0.25) is 4.99 Å². The van der Waals surface area contributed by atoms with Gasteiger partial charge in [0.15, 0.2) is 0 Å². The van der Waals surface area contributed by atoms with Crippen molar-refractivity contribution in [2.75, 3.05) is 38.7 Å². The molecule has 2 rings (SSSR count). The van der Waals surface area contributed by atoms with E-state index in [0.717, 1.165) is 18.8 Å². The van der Waals surface area contributed by atoms with Gasteiger partial charge in [-0.05, 0) is 49.4 Å². The fourth-order valence-corrected chi connectivity index (χ4v) is 7.15. The zero-order valence-corrected chi connectivity index (χ0v) is 15.0. The number of aromatic hydroxyl groups is 1. The quantitative estimate of drug-likeness (QED) is 0.731. The third-order valence-electron chi connectivity index (χ3n) is 4.25. The highest BCUT2D eigenvalue weighted by atomic mass is 32.3. The Hall–Kier alpha value is -1.00. The van der Waals surface area contributed by atoms with Gasteiger partial charge in [0.25, 0.3) is 0 Å². The molecule has 1 heterocycles. The fraction of sp³-hybridized carbons (Fsp3) is 0.611. The van der Waals surface area contributed by atoms with Crippen LogP contribution in [0.25, 0.3) is 0 Å². The van der Waals surface area contributed by atoms with Gasteiger partial charge in [0.1, 0.15) is 5.75 Å².